The Labute approximate surface area is 114 Å². The molecular weight excluding hydrogens is 236 g/mol. The molecule has 0 spiro atoms. The van der Waals surface area contributed by atoms with Crippen LogP contribution in [0.4, 0.5) is 5.82 Å². The van der Waals surface area contributed by atoms with Gasteiger partial charge in [0.05, 0.1) is 17.0 Å². The molecule has 2 heterocycles. The summed E-state index contributed by atoms with van der Waals surface area (Å²) in [6.45, 7) is 2.22. The molecule has 102 valence electrons. The van der Waals surface area contributed by atoms with Crippen LogP contribution in [-0.2, 0) is 13.5 Å². The van der Waals surface area contributed by atoms with Crippen molar-refractivity contribution in [2.45, 2.75) is 39.0 Å². The molecular formula is C15H22N4. The van der Waals surface area contributed by atoms with Crippen molar-refractivity contribution in [3.05, 3.63) is 30.1 Å². The van der Waals surface area contributed by atoms with Gasteiger partial charge in [-0.05, 0) is 25.0 Å². The quantitative estimate of drug-likeness (QED) is 0.809. The molecule has 0 aliphatic rings. The molecule has 2 N–H and O–H groups in total. The number of aryl methyl sites for hydroxylation is 2. The van der Waals surface area contributed by atoms with Crippen LogP contribution in [0.25, 0.3) is 11.3 Å². The SMILES string of the molecule is CCCCCCc1nn(C)c(N)c1-c1ccccn1. The highest BCUT2D eigenvalue weighted by Crippen LogP contribution is 2.28. The van der Waals surface area contributed by atoms with Gasteiger partial charge in [-0.15, -0.1) is 0 Å². The van der Waals surface area contributed by atoms with Gasteiger partial charge >= 0.3 is 0 Å². The minimum atomic E-state index is 0.698. The van der Waals surface area contributed by atoms with E-state index in [1.54, 1.807) is 10.9 Å². The van der Waals surface area contributed by atoms with E-state index >= 15 is 0 Å². The molecule has 0 saturated carbocycles. The zero-order valence-electron chi connectivity index (χ0n) is 11.8. The second-order valence-corrected chi connectivity index (χ2v) is 4.86. The van der Waals surface area contributed by atoms with Gasteiger partial charge in [-0.3, -0.25) is 9.67 Å². The average molecular weight is 258 g/mol. The second kappa shape index (κ2) is 6.36. The molecule has 0 bridgehead atoms. The maximum Gasteiger partial charge on any atom is 0.131 e. The number of hydrogen-bond acceptors (Lipinski definition) is 3. The second-order valence-electron chi connectivity index (χ2n) is 4.86. The Bertz CT molecular complexity index is 516. The van der Waals surface area contributed by atoms with Crippen molar-refractivity contribution in [3.8, 4) is 11.3 Å². The monoisotopic (exact) mass is 258 g/mol. The minimum absolute atomic E-state index is 0.698. The zero-order chi connectivity index (χ0) is 13.7. The standard InChI is InChI=1S/C15H22N4/c1-3-4-5-6-10-13-14(15(16)19(2)18-13)12-9-7-8-11-17-12/h7-9,11H,3-6,10,16H2,1-2H3. The average Bonchev–Trinajstić information content (AvgIpc) is 2.71. The van der Waals surface area contributed by atoms with Crippen molar-refractivity contribution in [1.29, 1.82) is 0 Å². The third kappa shape index (κ3) is 3.13. The zero-order valence-corrected chi connectivity index (χ0v) is 11.8. The highest BCUT2D eigenvalue weighted by atomic mass is 15.3. The van der Waals surface area contributed by atoms with E-state index in [-0.39, 0.29) is 0 Å². The molecule has 0 aliphatic heterocycles. The number of pyridine rings is 1. The van der Waals surface area contributed by atoms with Crippen molar-refractivity contribution in [3.63, 3.8) is 0 Å². The first-order valence-corrected chi connectivity index (χ1v) is 6.96. The summed E-state index contributed by atoms with van der Waals surface area (Å²) in [6.07, 6.45) is 7.69. The number of nitrogens with two attached hydrogens (primary N) is 1. The number of rotatable bonds is 6. The molecule has 0 fully saturated rings. The van der Waals surface area contributed by atoms with E-state index < -0.39 is 0 Å². The third-order valence-corrected chi connectivity index (χ3v) is 3.35. The molecule has 2 aromatic heterocycles. The van der Waals surface area contributed by atoms with Crippen LogP contribution in [0.1, 0.15) is 38.3 Å². The Balaban J connectivity index is 2.22. The maximum atomic E-state index is 6.13. The van der Waals surface area contributed by atoms with E-state index in [0.29, 0.717) is 5.82 Å². The first-order chi connectivity index (χ1) is 9.24. The highest BCUT2D eigenvalue weighted by molar-refractivity contribution is 5.73. The maximum absolute atomic E-state index is 6.13. The van der Waals surface area contributed by atoms with Crippen LogP contribution in [0.2, 0.25) is 0 Å². The number of nitrogen functional groups attached to an aromatic ring is 1. The first-order valence-electron chi connectivity index (χ1n) is 6.96. The van der Waals surface area contributed by atoms with E-state index in [1.165, 1.54) is 19.3 Å². The highest BCUT2D eigenvalue weighted by Gasteiger charge is 2.15. The van der Waals surface area contributed by atoms with Gasteiger partial charge in [0.1, 0.15) is 5.82 Å². The van der Waals surface area contributed by atoms with Crippen molar-refractivity contribution < 1.29 is 0 Å². The van der Waals surface area contributed by atoms with Crippen molar-refractivity contribution in [1.82, 2.24) is 14.8 Å². The Morgan fingerprint density at radius 1 is 1.21 bits per heavy atom. The smallest absolute Gasteiger partial charge is 0.131 e. The van der Waals surface area contributed by atoms with E-state index in [0.717, 1.165) is 29.8 Å². The van der Waals surface area contributed by atoms with Gasteiger partial charge in [0, 0.05) is 13.2 Å². The van der Waals surface area contributed by atoms with Crippen molar-refractivity contribution in [2.75, 3.05) is 5.73 Å². The van der Waals surface area contributed by atoms with E-state index in [2.05, 4.69) is 17.0 Å². The summed E-state index contributed by atoms with van der Waals surface area (Å²) in [5.74, 6) is 0.698. The number of hydrogen-bond donors (Lipinski definition) is 1. The van der Waals surface area contributed by atoms with Gasteiger partial charge in [-0.2, -0.15) is 5.10 Å². The normalized spacial score (nSPS) is 10.8. The molecule has 0 amide bonds. The van der Waals surface area contributed by atoms with Gasteiger partial charge < -0.3 is 5.73 Å². The van der Waals surface area contributed by atoms with Gasteiger partial charge in [0.15, 0.2) is 0 Å². The van der Waals surface area contributed by atoms with Crippen molar-refractivity contribution >= 4 is 5.82 Å². The number of anilines is 1. The molecule has 2 rings (SSSR count). The fraction of sp³-hybridized carbons (Fsp3) is 0.467. The molecule has 0 radical (unpaired) electrons. The molecule has 2 aromatic rings. The fourth-order valence-corrected chi connectivity index (χ4v) is 2.28. The Hall–Kier alpha value is -1.84. The van der Waals surface area contributed by atoms with Gasteiger partial charge in [-0.1, -0.05) is 32.3 Å². The lowest BCUT2D eigenvalue weighted by molar-refractivity contribution is 0.651. The van der Waals surface area contributed by atoms with E-state index in [1.807, 2.05) is 25.2 Å². The lowest BCUT2D eigenvalue weighted by Crippen LogP contribution is -1.98. The van der Waals surface area contributed by atoms with Gasteiger partial charge in [0.2, 0.25) is 0 Å². The Morgan fingerprint density at radius 2 is 2.05 bits per heavy atom. The molecule has 0 aromatic carbocycles. The molecule has 0 atom stereocenters. The summed E-state index contributed by atoms with van der Waals surface area (Å²) in [5.41, 5.74) is 9.11. The lowest BCUT2D eigenvalue weighted by Gasteiger charge is -2.03. The summed E-state index contributed by atoms with van der Waals surface area (Å²) >= 11 is 0. The van der Waals surface area contributed by atoms with Crippen LogP contribution < -0.4 is 5.73 Å². The predicted octanol–water partition coefficient (Wildman–Crippen LogP) is 3.19. The van der Waals surface area contributed by atoms with Crippen molar-refractivity contribution in [2.24, 2.45) is 7.05 Å². The van der Waals surface area contributed by atoms with Crippen LogP contribution >= 0.6 is 0 Å². The molecule has 0 aliphatic carbocycles. The van der Waals surface area contributed by atoms with E-state index in [4.69, 9.17) is 5.73 Å². The minimum Gasteiger partial charge on any atom is -0.383 e. The molecule has 4 heteroatoms. The van der Waals surface area contributed by atoms with Crippen LogP contribution in [-0.4, -0.2) is 14.8 Å². The summed E-state index contributed by atoms with van der Waals surface area (Å²) in [6, 6.07) is 5.88. The molecule has 19 heavy (non-hydrogen) atoms. The Kier molecular flexibility index (Phi) is 4.55. The molecule has 4 nitrogen and oxygen atoms in total. The lowest BCUT2D eigenvalue weighted by atomic mass is 10.1. The predicted molar refractivity (Wildman–Crippen MR) is 78.7 cm³/mol. The topological polar surface area (TPSA) is 56.7 Å². The number of aromatic nitrogens is 3. The largest absolute Gasteiger partial charge is 0.383 e. The van der Waals surface area contributed by atoms with E-state index in [9.17, 15) is 0 Å². The number of unbranched alkanes of at least 4 members (excludes halogenated alkanes) is 3. The number of nitrogens with zero attached hydrogens (tertiary/aromatic N) is 3. The summed E-state index contributed by atoms with van der Waals surface area (Å²) < 4.78 is 1.75. The van der Waals surface area contributed by atoms with Gasteiger partial charge in [0.25, 0.3) is 0 Å². The molecule has 0 unspecified atom stereocenters. The van der Waals surface area contributed by atoms with Crippen LogP contribution in [0, 0.1) is 0 Å². The first kappa shape index (κ1) is 13.6. The molecule has 0 saturated heterocycles. The van der Waals surface area contributed by atoms with Crippen LogP contribution in [0.15, 0.2) is 24.4 Å². The summed E-state index contributed by atoms with van der Waals surface area (Å²) in [7, 11) is 1.89. The summed E-state index contributed by atoms with van der Waals surface area (Å²) in [4.78, 5) is 4.39. The van der Waals surface area contributed by atoms with Crippen LogP contribution in [0.5, 0.6) is 0 Å². The van der Waals surface area contributed by atoms with Crippen LogP contribution in [0.3, 0.4) is 0 Å². The van der Waals surface area contributed by atoms with Gasteiger partial charge in [-0.25, -0.2) is 0 Å². The third-order valence-electron chi connectivity index (χ3n) is 3.35. The Morgan fingerprint density at radius 3 is 2.74 bits per heavy atom. The summed E-state index contributed by atoms with van der Waals surface area (Å²) in [5, 5.41) is 4.54. The fourth-order valence-electron chi connectivity index (χ4n) is 2.28.